The van der Waals surface area contributed by atoms with Crippen LogP contribution < -0.4 is 14.8 Å². The molecule has 1 aliphatic rings. The van der Waals surface area contributed by atoms with E-state index in [2.05, 4.69) is 15.5 Å². The normalized spacial score (nSPS) is 16.2. The second-order valence-electron chi connectivity index (χ2n) is 6.27. The molecule has 0 atom stereocenters. The van der Waals surface area contributed by atoms with Gasteiger partial charge in [-0.3, -0.25) is 4.79 Å². The van der Waals surface area contributed by atoms with Gasteiger partial charge in [-0.1, -0.05) is 36.6 Å². The fraction of sp³-hybridized carbons (Fsp3) is 0.500. The number of para-hydroxylation sites is 2. The maximum atomic E-state index is 12.5. The molecule has 1 saturated carbocycles. The number of benzene rings is 1. The minimum Gasteiger partial charge on any atom is -0.493 e. The predicted octanol–water partition coefficient (Wildman–Crippen LogP) is 2.74. The number of carbonyl (C=O) groups is 1. The van der Waals surface area contributed by atoms with Gasteiger partial charge in [-0.25, -0.2) is 0 Å². The van der Waals surface area contributed by atoms with Gasteiger partial charge in [0.15, 0.2) is 23.9 Å². The van der Waals surface area contributed by atoms with Gasteiger partial charge >= 0.3 is 0 Å². The Morgan fingerprint density at radius 2 is 1.96 bits per heavy atom. The first-order chi connectivity index (χ1) is 12.1. The Bertz CT molecular complexity index is 723. The molecule has 7 nitrogen and oxygen atoms in total. The van der Waals surface area contributed by atoms with Crippen LogP contribution in [0.4, 0.5) is 0 Å². The second kappa shape index (κ2) is 7.55. The van der Waals surface area contributed by atoms with E-state index >= 15 is 0 Å². The Kier molecular flexibility index (Phi) is 5.21. The van der Waals surface area contributed by atoms with Crippen LogP contribution in [0.5, 0.6) is 11.5 Å². The standard InChI is InChI=1S/C18H23N3O4/c1-13-19-17(21-25-13)18(10-6-3-7-11-18)20-16(22)12-24-15-9-5-4-8-14(15)23-2/h4-5,8-9H,3,6-7,10-12H2,1-2H3,(H,20,22). The summed E-state index contributed by atoms with van der Waals surface area (Å²) in [5.74, 6) is 1.97. The van der Waals surface area contributed by atoms with Gasteiger partial charge in [0.1, 0.15) is 5.54 Å². The summed E-state index contributed by atoms with van der Waals surface area (Å²) in [5.41, 5.74) is -0.572. The van der Waals surface area contributed by atoms with Gasteiger partial charge in [0.05, 0.1) is 7.11 Å². The minimum absolute atomic E-state index is 0.0983. The number of hydrogen-bond donors (Lipinski definition) is 1. The lowest BCUT2D eigenvalue weighted by atomic mass is 9.81. The quantitative estimate of drug-likeness (QED) is 0.866. The summed E-state index contributed by atoms with van der Waals surface area (Å²) >= 11 is 0. The van der Waals surface area contributed by atoms with Crippen LogP contribution in [0, 0.1) is 6.92 Å². The molecule has 1 amide bonds. The first kappa shape index (κ1) is 17.3. The van der Waals surface area contributed by atoms with Gasteiger partial charge in [0.25, 0.3) is 5.91 Å². The van der Waals surface area contributed by atoms with E-state index in [4.69, 9.17) is 14.0 Å². The maximum absolute atomic E-state index is 12.5. The average Bonchev–Trinajstić information content (AvgIpc) is 3.08. The summed E-state index contributed by atoms with van der Waals surface area (Å²) in [7, 11) is 1.57. The van der Waals surface area contributed by atoms with Crippen molar-refractivity contribution in [3.63, 3.8) is 0 Å². The number of ether oxygens (including phenoxy) is 2. The number of methoxy groups -OCH3 is 1. The molecule has 3 rings (SSSR count). The van der Waals surface area contributed by atoms with Crippen molar-refractivity contribution < 1.29 is 18.8 Å². The number of hydrogen-bond acceptors (Lipinski definition) is 6. The summed E-state index contributed by atoms with van der Waals surface area (Å²) in [4.78, 5) is 16.9. The number of carbonyl (C=O) groups excluding carboxylic acids is 1. The van der Waals surface area contributed by atoms with Crippen LogP contribution >= 0.6 is 0 Å². The first-order valence-electron chi connectivity index (χ1n) is 8.50. The molecule has 0 spiro atoms. The molecule has 1 aliphatic carbocycles. The predicted molar refractivity (Wildman–Crippen MR) is 90.4 cm³/mol. The third-order valence-corrected chi connectivity index (χ3v) is 4.47. The van der Waals surface area contributed by atoms with Gasteiger partial charge in [0.2, 0.25) is 5.89 Å². The fourth-order valence-electron chi connectivity index (χ4n) is 3.24. The number of nitrogens with zero attached hydrogens (tertiary/aromatic N) is 2. The van der Waals surface area contributed by atoms with Crippen molar-refractivity contribution in [3.8, 4) is 11.5 Å². The molecule has 1 aromatic heterocycles. The van der Waals surface area contributed by atoms with E-state index in [0.29, 0.717) is 23.2 Å². The Hall–Kier alpha value is -2.57. The first-order valence-corrected chi connectivity index (χ1v) is 8.50. The van der Waals surface area contributed by atoms with Crippen LogP contribution in [-0.4, -0.2) is 29.8 Å². The van der Waals surface area contributed by atoms with Crippen molar-refractivity contribution in [2.45, 2.75) is 44.6 Å². The molecule has 1 fully saturated rings. The van der Waals surface area contributed by atoms with Gasteiger partial charge < -0.3 is 19.3 Å². The minimum atomic E-state index is -0.572. The van der Waals surface area contributed by atoms with Crippen LogP contribution in [-0.2, 0) is 10.3 Å². The van der Waals surface area contributed by atoms with Gasteiger partial charge in [-0.15, -0.1) is 0 Å². The van der Waals surface area contributed by atoms with Crippen LogP contribution in [0.3, 0.4) is 0 Å². The van der Waals surface area contributed by atoms with Crippen LogP contribution in [0.2, 0.25) is 0 Å². The highest BCUT2D eigenvalue weighted by Crippen LogP contribution is 2.35. The Morgan fingerprint density at radius 3 is 2.60 bits per heavy atom. The van der Waals surface area contributed by atoms with E-state index in [9.17, 15) is 4.79 Å². The third kappa shape index (κ3) is 3.92. The largest absolute Gasteiger partial charge is 0.493 e. The Labute approximate surface area is 146 Å². The lowest BCUT2D eigenvalue weighted by Crippen LogP contribution is -2.49. The molecule has 134 valence electrons. The summed E-state index contributed by atoms with van der Waals surface area (Å²) in [6.07, 6.45) is 4.77. The molecule has 1 heterocycles. The summed E-state index contributed by atoms with van der Waals surface area (Å²) in [6, 6.07) is 7.24. The smallest absolute Gasteiger partial charge is 0.258 e. The number of amides is 1. The van der Waals surface area contributed by atoms with E-state index in [1.807, 2.05) is 12.1 Å². The topological polar surface area (TPSA) is 86.5 Å². The second-order valence-corrected chi connectivity index (χ2v) is 6.27. The van der Waals surface area contributed by atoms with Crippen LogP contribution in [0.15, 0.2) is 28.8 Å². The number of aryl methyl sites for hydroxylation is 1. The molecule has 1 aromatic carbocycles. The van der Waals surface area contributed by atoms with Crippen LogP contribution in [0.25, 0.3) is 0 Å². The molecule has 0 unspecified atom stereocenters. The monoisotopic (exact) mass is 345 g/mol. The van der Waals surface area contributed by atoms with E-state index < -0.39 is 5.54 Å². The molecule has 0 saturated heterocycles. The highest BCUT2D eigenvalue weighted by molar-refractivity contribution is 5.78. The van der Waals surface area contributed by atoms with E-state index in [1.54, 1.807) is 26.2 Å². The van der Waals surface area contributed by atoms with Crippen molar-refractivity contribution in [3.05, 3.63) is 36.0 Å². The third-order valence-electron chi connectivity index (χ3n) is 4.47. The average molecular weight is 345 g/mol. The summed E-state index contributed by atoms with van der Waals surface area (Å²) in [6.45, 7) is 1.65. The van der Waals surface area contributed by atoms with E-state index in [1.165, 1.54) is 0 Å². The molecular formula is C18H23N3O4. The van der Waals surface area contributed by atoms with Gasteiger partial charge in [0, 0.05) is 6.92 Å². The molecule has 0 aliphatic heterocycles. The maximum Gasteiger partial charge on any atom is 0.258 e. The molecule has 7 heteroatoms. The zero-order valence-electron chi connectivity index (χ0n) is 14.6. The Balaban J connectivity index is 1.68. The number of aromatic nitrogens is 2. The van der Waals surface area contributed by atoms with Gasteiger partial charge in [-0.2, -0.15) is 4.98 Å². The molecular weight excluding hydrogens is 322 g/mol. The summed E-state index contributed by atoms with van der Waals surface area (Å²) in [5, 5.41) is 7.13. The van der Waals surface area contributed by atoms with Crippen LogP contribution in [0.1, 0.15) is 43.8 Å². The SMILES string of the molecule is COc1ccccc1OCC(=O)NC1(c2noc(C)n2)CCCCC1. The zero-order valence-corrected chi connectivity index (χ0v) is 14.6. The molecule has 1 N–H and O–H groups in total. The summed E-state index contributed by atoms with van der Waals surface area (Å²) < 4.78 is 16.0. The molecule has 25 heavy (non-hydrogen) atoms. The molecule has 2 aromatic rings. The Morgan fingerprint density at radius 1 is 1.24 bits per heavy atom. The van der Waals surface area contributed by atoms with Gasteiger partial charge in [-0.05, 0) is 25.0 Å². The van der Waals surface area contributed by atoms with E-state index in [-0.39, 0.29) is 12.5 Å². The fourth-order valence-corrected chi connectivity index (χ4v) is 3.24. The van der Waals surface area contributed by atoms with Crippen molar-refractivity contribution in [2.75, 3.05) is 13.7 Å². The zero-order chi connectivity index (χ0) is 17.7. The van der Waals surface area contributed by atoms with Crippen molar-refractivity contribution in [1.29, 1.82) is 0 Å². The van der Waals surface area contributed by atoms with E-state index in [0.717, 1.165) is 32.1 Å². The van der Waals surface area contributed by atoms with Crippen molar-refractivity contribution >= 4 is 5.91 Å². The highest BCUT2D eigenvalue weighted by atomic mass is 16.5. The molecule has 0 bridgehead atoms. The van der Waals surface area contributed by atoms with Crippen molar-refractivity contribution in [1.82, 2.24) is 15.5 Å². The number of nitrogens with one attached hydrogen (secondary N) is 1. The molecule has 0 radical (unpaired) electrons. The highest BCUT2D eigenvalue weighted by Gasteiger charge is 2.39. The van der Waals surface area contributed by atoms with Crippen molar-refractivity contribution in [2.24, 2.45) is 0 Å². The number of rotatable bonds is 6. The lowest BCUT2D eigenvalue weighted by Gasteiger charge is -2.35. The lowest BCUT2D eigenvalue weighted by molar-refractivity contribution is -0.125.